The minimum Gasteiger partial charge on any atom is -0.383 e. The summed E-state index contributed by atoms with van der Waals surface area (Å²) in [6.45, 7) is 4.45. The van der Waals surface area contributed by atoms with E-state index in [9.17, 15) is 8.42 Å². The van der Waals surface area contributed by atoms with Crippen molar-refractivity contribution in [2.24, 2.45) is 0 Å². The lowest BCUT2D eigenvalue weighted by atomic mass is 10.6. The van der Waals surface area contributed by atoms with Gasteiger partial charge in [0.05, 0.1) is 18.9 Å². The maximum Gasteiger partial charge on any atom is 0.209 e. The van der Waals surface area contributed by atoms with Crippen LogP contribution < -0.4 is 5.32 Å². The molecule has 1 aromatic rings. The van der Waals surface area contributed by atoms with Crippen molar-refractivity contribution in [1.29, 1.82) is 0 Å². The first-order valence-electron chi connectivity index (χ1n) is 6.38. The number of methoxy groups -OCH3 is 1. The molecule has 0 atom stereocenters. The van der Waals surface area contributed by atoms with Gasteiger partial charge in [-0.1, -0.05) is 18.7 Å². The molecule has 1 aromatic heterocycles. The quantitative estimate of drug-likeness (QED) is 0.427. The second kappa shape index (κ2) is 9.27. The highest BCUT2D eigenvalue weighted by molar-refractivity contribution is 8.00. The summed E-state index contributed by atoms with van der Waals surface area (Å²) < 4.78 is 29.4. The van der Waals surface area contributed by atoms with E-state index in [-0.39, 0.29) is 11.5 Å². The second-order valence-corrected chi connectivity index (χ2v) is 7.55. The molecule has 0 aliphatic heterocycles. The Morgan fingerprint density at radius 3 is 2.90 bits per heavy atom. The zero-order valence-electron chi connectivity index (χ0n) is 11.8. The van der Waals surface area contributed by atoms with E-state index in [1.807, 2.05) is 0 Å². The van der Waals surface area contributed by atoms with Crippen LogP contribution in [-0.2, 0) is 21.1 Å². The van der Waals surface area contributed by atoms with Crippen LogP contribution in [-0.4, -0.2) is 72.7 Å². The maximum absolute atomic E-state index is 11.4. The van der Waals surface area contributed by atoms with Crippen LogP contribution in [0.1, 0.15) is 6.92 Å². The van der Waals surface area contributed by atoms with Gasteiger partial charge in [0.1, 0.15) is 0 Å². The van der Waals surface area contributed by atoms with Crippen molar-refractivity contribution < 1.29 is 13.2 Å². The summed E-state index contributed by atoms with van der Waals surface area (Å²) in [6.07, 6.45) is 0. The Labute approximate surface area is 123 Å². The summed E-state index contributed by atoms with van der Waals surface area (Å²) in [7, 11) is -1.28. The normalized spacial score (nSPS) is 11.9. The van der Waals surface area contributed by atoms with Crippen LogP contribution in [0.4, 0.5) is 0 Å². The zero-order chi connectivity index (χ0) is 14.8. The Kier molecular flexibility index (Phi) is 8.04. The van der Waals surface area contributed by atoms with E-state index in [0.717, 1.165) is 13.1 Å². The van der Waals surface area contributed by atoms with Gasteiger partial charge in [0, 0.05) is 31.7 Å². The Balaban J connectivity index is 2.31. The maximum atomic E-state index is 11.4. The van der Waals surface area contributed by atoms with E-state index < -0.39 is 9.84 Å². The van der Waals surface area contributed by atoms with Crippen molar-refractivity contribution in [3.63, 3.8) is 0 Å². The molecule has 0 aliphatic carbocycles. The van der Waals surface area contributed by atoms with Gasteiger partial charge in [0.15, 0.2) is 9.84 Å². The topological polar surface area (TPSA) is 99.0 Å². The van der Waals surface area contributed by atoms with Crippen LogP contribution in [0, 0.1) is 0 Å². The number of hydrogen-bond donors (Lipinski definition) is 1. The summed E-state index contributed by atoms with van der Waals surface area (Å²) in [5.74, 6) is 0.780. The van der Waals surface area contributed by atoms with Gasteiger partial charge in [-0.2, -0.15) is 0 Å². The van der Waals surface area contributed by atoms with E-state index >= 15 is 0 Å². The zero-order valence-corrected chi connectivity index (χ0v) is 13.4. The molecule has 0 saturated carbocycles. The molecule has 0 bridgehead atoms. The Hall–Kier alpha value is -0.710. The first kappa shape index (κ1) is 17.3. The molecule has 0 spiro atoms. The molecule has 0 saturated heterocycles. The first-order valence-corrected chi connectivity index (χ1v) is 9.19. The fourth-order valence-electron chi connectivity index (χ4n) is 1.33. The Bertz CT molecular complexity index is 477. The third-order valence-corrected chi connectivity index (χ3v) is 5.47. The minimum atomic E-state index is -2.94. The number of hydrogen-bond acceptors (Lipinski definition) is 8. The second-order valence-electron chi connectivity index (χ2n) is 4.01. The molecule has 0 fully saturated rings. The number of ether oxygens (including phenoxy) is 1. The summed E-state index contributed by atoms with van der Waals surface area (Å²) in [5.41, 5.74) is 0. The monoisotopic (exact) mass is 323 g/mol. The molecule has 1 rings (SSSR count). The third kappa shape index (κ3) is 6.64. The van der Waals surface area contributed by atoms with Crippen molar-refractivity contribution >= 4 is 21.6 Å². The smallest absolute Gasteiger partial charge is 0.209 e. The molecule has 0 aliphatic rings. The van der Waals surface area contributed by atoms with Crippen molar-refractivity contribution in [3.05, 3.63) is 0 Å². The predicted molar refractivity (Wildman–Crippen MR) is 77.6 cm³/mol. The number of rotatable bonds is 11. The van der Waals surface area contributed by atoms with Gasteiger partial charge < -0.3 is 10.1 Å². The van der Waals surface area contributed by atoms with E-state index in [1.54, 1.807) is 18.7 Å². The predicted octanol–water partition coefficient (Wildman–Crippen LogP) is -0.564. The van der Waals surface area contributed by atoms with Crippen LogP contribution >= 0.6 is 11.8 Å². The molecule has 0 unspecified atom stereocenters. The first-order chi connectivity index (χ1) is 9.59. The van der Waals surface area contributed by atoms with E-state index in [2.05, 4.69) is 20.8 Å². The van der Waals surface area contributed by atoms with Crippen molar-refractivity contribution in [1.82, 2.24) is 25.5 Å². The average Bonchev–Trinajstić information content (AvgIpc) is 2.86. The molecular weight excluding hydrogens is 302 g/mol. The van der Waals surface area contributed by atoms with Crippen LogP contribution in [0.3, 0.4) is 0 Å². The largest absolute Gasteiger partial charge is 0.383 e. The number of thioether (sulfide) groups is 1. The van der Waals surface area contributed by atoms with Crippen LogP contribution in [0.15, 0.2) is 5.16 Å². The highest BCUT2D eigenvalue weighted by Gasteiger charge is 2.10. The molecule has 1 N–H and O–H groups in total. The van der Waals surface area contributed by atoms with Gasteiger partial charge in [0.2, 0.25) is 5.16 Å². The van der Waals surface area contributed by atoms with Gasteiger partial charge in [0.25, 0.3) is 0 Å². The van der Waals surface area contributed by atoms with E-state index in [0.29, 0.717) is 24.1 Å². The summed E-state index contributed by atoms with van der Waals surface area (Å²) in [6, 6.07) is 0. The number of tetrazole rings is 1. The van der Waals surface area contributed by atoms with Crippen molar-refractivity contribution in [2.45, 2.75) is 18.6 Å². The average molecular weight is 323 g/mol. The highest BCUT2D eigenvalue weighted by Crippen LogP contribution is 2.13. The molecular formula is C10H21N5O3S2. The number of nitrogens with zero attached hydrogens (tertiary/aromatic N) is 4. The lowest BCUT2D eigenvalue weighted by Crippen LogP contribution is -2.24. The molecule has 0 amide bonds. The molecule has 8 nitrogen and oxygen atoms in total. The third-order valence-electron chi connectivity index (χ3n) is 2.55. The number of aromatic nitrogens is 4. The molecule has 1 heterocycles. The van der Waals surface area contributed by atoms with Gasteiger partial charge in [-0.15, -0.1) is 5.10 Å². The molecule has 116 valence electrons. The van der Waals surface area contributed by atoms with E-state index in [4.69, 9.17) is 4.74 Å². The lowest BCUT2D eigenvalue weighted by Gasteiger charge is -2.06. The molecule has 20 heavy (non-hydrogen) atoms. The molecule has 0 radical (unpaired) electrons. The highest BCUT2D eigenvalue weighted by atomic mass is 32.2. The number of nitrogens with one attached hydrogen (secondary N) is 1. The minimum absolute atomic E-state index is 0.146. The van der Waals surface area contributed by atoms with Crippen molar-refractivity contribution in [2.75, 3.05) is 44.1 Å². The lowest BCUT2D eigenvalue weighted by molar-refractivity contribution is 0.199. The summed E-state index contributed by atoms with van der Waals surface area (Å²) in [4.78, 5) is 0. The van der Waals surface area contributed by atoms with Crippen molar-refractivity contribution in [3.8, 4) is 0 Å². The van der Waals surface area contributed by atoms with Gasteiger partial charge in [-0.3, -0.25) is 0 Å². The summed E-state index contributed by atoms with van der Waals surface area (Å²) >= 11 is 1.36. The Morgan fingerprint density at radius 2 is 2.20 bits per heavy atom. The van der Waals surface area contributed by atoms with Gasteiger partial charge in [-0.25, -0.2) is 13.1 Å². The Morgan fingerprint density at radius 1 is 1.40 bits per heavy atom. The van der Waals surface area contributed by atoms with Gasteiger partial charge >= 0.3 is 0 Å². The molecule has 10 heteroatoms. The number of sulfone groups is 1. The SMILES string of the molecule is CCS(=O)(=O)CCSc1nnnn1CCNCCOC. The fraction of sp³-hybridized carbons (Fsp3) is 0.900. The van der Waals surface area contributed by atoms with Gasteiger partial charge in [-0.05, 0) is 10.4 Å². The van der Waals surface area contributed by atoms with Crippen LogP contribution in [0.2, 0.25) is 0 Å². The van der Waals surface area contributed by atoms with Crippen LogP contribution in [0.25, 0.3) is 0 Å². The molecule has 0 aromatic carbocycles. The standard InChI is InChI=1S/C10H21N5O3S2/c1-3-20(16,17)9-8-19-10-12-13-14-15(10)6-4-11-5-7-18-2/h11H,3-9H2,1-2H3. The summed E-state index contributed by atoms with van der Waals surface area (Å²) in [5, 5.41) is 15.2. The van der Waals surface area contributed by atoms with Crippen LogP contribution in [0.5, 0.6) is 0 Å². The van der Waals surface area contributed by atoms with E-state index in [1.165, 1.54) is 11.8 Å². The fourth-order valence-corrected chi connectivity index (χ4v) is 3.52.